The zero-order valence-electron chi connectivity index (χ0n) is 11.7. The summed E-state index contributed by atoms with van der Waals surface area (Å²) in [5.41, 5.74) is 1.94. The number of halogens is 1. The van der Waals surface area contributed by atoms with Gasteiger partial charge in [-0.25, -0.2) is 0 Å². The Labute approximate surface area is 127 Å². The van der Waals surface area contributed by atoms with Crippen LogP contribution in [0.3, 0.4) is 0 Å². The third-order valence-electron chi connectivity index (χ3n) is 3.10. The third kappa shape index (κ3) is 2.78. The number of nitrogens with zero attached hydrogens (tertiary/aromatic N) is 1. The molecule has 0 aliphatic carbocycles. The molecule has 0 bridgehead atoms. The van der Waals surface area contributed by atoms with E-state index in [9.17, 15) is 0 Å². The first kappa shape index (κ1) is 14.8. The van der Waals surface area contributed by atoms with Gasteiger partial charge in [0.25, 0.3) is 0 Å². The molecule has 1 aromatic heterocycles. The Kier molecular flexibility index (Phi) is 4.98. The molecule has 20 heavy (non-hydrogen) atoms. The first-order valence-corrected chi connectivity index (χ1v) is 7.00. The summed E-state index contributed by atoms with van der Waals surface area (Å²) < 4.78 is 11.6. The smallest absolute Gasteiger partial charge is 0.141 e. The predicted octanol–water partition coefficient (Wildman–Crippen LogP) is 3.17. The zero-order valence-corrected chi connectivity index (χ0v) is 13.3. The van der Waals surface area contributed by atoms with Gasteiger partial charge in [-0.2, -0.15) is 0 Å². The number of nitrogens with one attached hydrogen (secondary N) is 1. The number of rotatable bonds is 5. The van der Waals surface area contributed by atoms with Gasteiger partial charge < -0.3 is 14.8 Å². The van der Waals surface area contributed by atoms with Crippen molar-refractivity contribution in [1.82, 2.24) is 10.3 Å². The Hall–Kier alpha value is -1.59. The van der Waals surface area contributed by atoms with Crippen molar-refractivity contribution in [3.63, 3.8) is 0 Å². The standard InChI is InChI=1S/C15H17BrN2O2/c1-17-14(11-6-4-5-9-18-11)10-7-8-12(19-2)13(16)15(10)20-3/h4-9,14,17H,1-3H3. The molecule has 0 aliphatic heterocycles. The highest BCUT2D eigenvalue weighted by Crippen LogP contribution is 2.40. The van der Waals surface area contributed by atoms with Crippen molar-refractivity contribution in [1.29, 1.82) is 0 Å². The quantitative estimate of drug-likeness (QED) is 0.910. The Balaban J connectivity index is 2.53. The van der Waals surface area contributed by atoms with Crippen LogP contribution in [0.25, 0.3) is 0 Å². The first-order chi connectivity index (χ1) is 9.72. The number of aromatic nitrogens is 1. The fraction of sp³-hybridized carbons (Fsp3) is 0.267. The number of hydrogen-bond acceptors (Lipinski definition) is 4. The lowest BCUT2D eigenvalue weighted by Crippen LogP contribution is -2.19. The molecule has 1 atom stereocenters. The minimum Gasteiger partial charge on any atom is -0.495 e. The van der Waals surface area contributed by atoms with E-state index in [0.29, 0.717) is 0 Å². The van der Waals surface area contributed by atoms with E-state index >= 15 is 0 Å². The van der Waals surface area contributed by atoms with Gasteiger partial charge in [0.05, 0.1) is 26.0 Å². The van der Waals surface area contributed by atoms with Crippen molar-refractivity contribution < 1.29 is 9.47 Å². The number of hydrogen-bond donors (Lipinski definition) is 1. The molecule has 0 amide bonds. The van der Waals surface area contributed by atoms with E-state index in [-0.39, 0.29) is 6.04 Å². The van der Waals surface area contributed by atoms with Gasteiger partial charge in [-0.15, -0.1) is 0 Å². The molecule has 0 saturated heterocycles. The predicted molar refractivity (Wildman–Crippen MR) is 82.4 cm³/mol. The average Bonchev–Trinajstić information content (AvgIpc) is 2.49. The average molecular weight is 337 g/mol. The van der Waals surface area contributed by atoms with Gasteiger partial charge in [0.1, 0.15) is 16.0 Å². The molecule has 1 aromatic carbocycles. The maximum absolute atomic E-state index is 5.53. The Morgan fingerprint density at radius 1 is 1.15 bits per heavy atom. The number of methoxy groups -OCH3 is 2. The van der Waals surface area contributed by atoms with Gasteiger partial charge in [-0.05, 0) is 47.2 Å². The largest absolute Gasteiger partial charge is 0.495 e. The molecule has 0 aliphatic rings. The van der Waals surface area contributed by atoms with E-state index in [1.54, 1.807) is 20.4 Å². The molecule has 106 valence electrons. The highest BCUT2D eigenvalue weighted by Gasteiger charge is 2.21. The number of pyridine rings is 1. The SMILES string of the molecule is CNC(c1ccccn1)c1ccc(OC)c(Br)c1OC. The second kappa shape index (κ2) is 6.72. The molecule has 1 unspecified atom stereocenters. The molecule has 2 aromatic rings. The van der Waals surface area contributed by atoms with Crippen LogP contribution < -0.4 is 14.8 Å². The van der Waals surface area contributed by atoms with E-state index in [0.717, 1.165) is 27.2 Å². The molecule has 0 radical (unpaired) electrons. The zero-order chi connectivity index (χ0) is 14.5. The summed E-state index contributed by atoms with van der Waals surface area (Å²) in [6, 6.07) is 9.70. The molecule has 0 fully saturated rings. The van der Waals surface area contributed by atoms with Crippen molar-refractivity contribution in [2.24, 2.45) is 0 Å². The van der Waals surface area contributed by atoms with Crippen molar-refractivity contribution in [2.75, 3.05) is 21.3 Å². The molecular weight excluding hydrogens is 320 g/mol. The molecule has 2 rings (SSSR count). The van der Waals surface area contributed by atoms with Crippen LogP contribution in [0, 0.1) is 0 Å². The van der Waals surface area contributed by atoms with Crippen LogP contribution in [0.4, 0.5) is 0 Å². The van der Waals surface area contributed by atoms with E-state index in [2.05, 4.69) is 26.2 Å². The lowest BCUT2D eigenvalue weighted by atomic mass is 10.0. The van der Waals surface area contributed by atoms with Gasteiger partial charge in [-0.3, -0.25) is 4.98 Å². The van der Waals surface area contributed by atoms with E-state index < -0.39 is 0 Å². The summed E-state index contributed by atoms with van der Waals surface area (Å²) in [7, 11) is 5.18. The number of benzene rings is 1. The van der Waals surface area contributed by atoms with Crippen LogP contribution in [0.15, 0.2) is 41.0 Å². The van der Waals surface area contributed by atoms with Crippen LogP contribution >= 0.6 is 15.9 Å². The third-order valence-corrected chi connectivity index (χ3v) is 3.85. The highest BCUT2D eigenvalue weighted by molar-refractivity contribution is 9.10. The second-order valence-corrected chi connectivity index (χ2v) is 4.97. The Bertz CT molecular complexity index is 576. The fourth-order valence-corrected chi connectivity index (χ4v) is 2.84. The Morgan fingerprint density at radius 3 is 2.50 bits per heavy atom. The maximum atomic E-state index is 5.53. The van der Waals surface area contributed by atoms with Crippen LogP contribution in [0.5, 0.6) is 11.5 Å². The van der Waals surface area contributed by atoms with Crippen LogP contribution in [-0.2, 0) is 0 Å². The first-order valence-electron chi connectivity index (χ1n) is 6.21. The minimum absolute atomic E-state index is 0.0478. The summed E-state index contributed by atoms with van der Waals surface area (Å²) in [5.74, 6) is 1.48. The monoisotopic (exact) mass is 336 g/mol. The van der Waals surface area contributed by atoms with Gasteiger partial charge in [0.2, 0.25) is 0 Å². The van der Waals surface area contributed by atoms with Gasteiger partial charge >= 0.3 is 0 Å². The van der Waals surface area contributed by atoms with E-state index in [1.165, 1.54) is 0 Å². The van der Waals surface area contributed by atoms with Crippen molar-refractivity contribution >= 4 is 15.9 Å². The molecule has 1 N–H and O–H groups in total. The molecule has 0 spiro atoms. The lowest BCUT2D eigenvalue weighted by Gasteiger charge is -2.20. The summed E-state index contributed by atoms with van der Waals surface area (Å²) in [4.78, 5) is 4.41. The van der Waals surface area contributed by atoms with E-state index in [4.69, 9.17) is 9.47 Å². The van der Waals surface area contributed by atoms with Crippen molar-refractivity contribution in [3.8, 4) is 11.5 Å². The van der Waals surface area contributed by atoms with Crippen molar-refractivity contribution in [2.45, 2.75) is 6.04 Å². The second-order valence-electron chi connectivity index (χ2n) is 4.18. The summed E-state index contributed by atoms with van der Waals surface area (Å²) in [6.07, 6.45) is 1.78. The van der Waals surface area contributed by atoms with Crippen molar-refractivity contribution in [3.05, 3.63) is 52.3 Å². The summed E-state index contributed by atoms with van der Waals surface area (Å²) in [5, 5.41) is 3.27. The lowest BCUT2D eigenvalue weighted by molar-refractivity contribution is 0.383. The molecule has 5 heteroatoms. The van der Waals surface area contributed by atoms with Gasteiger partial charge in [0.15, 0.2) is 0 Å². The maximum Gasteiger partial charge on any atom is 0.141 e. The molecular formula is C15H17BrN2O2. The summed E-state index contributed by atoms with van der Waals surface area (Å²) >= 11 is 3.52. The summed E-state index contributed by atoms with van der Waals surface area (Å²) in [6.45, 7) is 0. The highest BCUT2D eigenvalue weighted by atomic mass is 79.9. The number of ether oxygens (including phenoxy) is 2. The normalized spacial score (nSPS) is 12.0. The van der Waals surface area contributed by atoms with Crippen LogP contribution in [0.2, 0.25) is 0 Å². The van der Waals surface area contributed by atoms with Gasteiger partial charge in [-0.1, -0.05) is 6.07 Å². The molecule has 0 saturated carbocycles. The minimum atomic E-state index is -0.0478. The van der Waals surface area contributed by atoms with Crippen LogP contribution in [-0.4, -0.2) is 26.3 Å². The Morgan fingerprint density at radius 2 is 1.95 bits per heavy atom. The fourth-order valence-electron chi connectivity index (χ4n) is 2.15. The van der Waals surface area contributed by atoms with Gasteiger partial charge in [0, 0.05) is 11.8 Å². The topological polar surface area (TPSA) is 43.4 Å². The molecule has 4 nitrogen and oxygen atoms in total. The van der Waals surface area contributed by atoms with E-state index in [1.807, 2.05) is 37.4 Å². The van der Waals surface area contributed by atoms with Crippen LogP contribution in [0.1, 0.15) is 17.3 Å². The molecule has 1 heterocycles.